The molecule has 0 saturated heterocycles. The van der Waals surface area contributed by atoms with Crippen LogP contribution < -0.4 is 10.5 Å². The van der Waals surface area contributed by atoms with Crippen molar-refractivity contribution in [2.45, 2.75) is 13.8 Å². The number of aryl methyl sites for hydroxylation is 2. The van der Waals surface area contributed by atoms with E-state index in [1.54, 1.807) is 12.3 Å². The number of ether oxygens (including phenoxy) is 1. The van der Waals surface area contributed by atoms with Gasteiger partial charge in [-0.2, -0.15) is 0 Å². The van der Waals surface area contributed by atoms with Gasteiger partial charge in [0.15, 0.2) is 0 Å². The molecule has 1 aromatic heterocycles. The van der Waals surface area contributed by atoms with Crippen LogP contribution in [0.2, 0.25) is 5.02 Å². The number of rotatable bonds is 2. The molecular formula is C13H12BrClN2O. The first-order chi connectivity index (χ1) is 8.47. The molecule has 0 bridgehead atoms. The molecule has 1 aromatic carbocycles. The zero-order valence-corrected chi connectivity index (χ0v) is 12.3. The molecule has 0 fully saturated rings. The lowest BCUT2D eigenvalue weighted by molar-refractivity contribution is 0.459. The number of hydrogen-bond acceptors (Lipinski definition) is 3. The highest BCUT2D eigenvalue weighted by atomic mass is 79.9. The SMILES string of the molecule is Cc1cc(Oc2ncc(N)cc2Br)cc(C)c1Cl. The third-order valence-electron chi connectivity index (χ3n) is 2.45. The maximum Gasteiger partial charge on any atom is 0.233 e. The van der Waals surface area contributed by atoms with Gasteiger partial charge < -0.3 is 10.5 Å². The Kier molecular flexibility index (Phi) is 3.78. The highest BCUT2D eigenvalue weighted by Gasteiger charge is 2.08. The van der Waals surface area contributed by atoms with Crippen molar-refractivity contribution < 1.29 is 4.74 Å². The fourth-order valence-electron chi connectivity index (χ4n) is 1.59. The van der Waals surface area contributed by atoms with E-state index in [0.29, 0.717) is 21.8 Å². The highest BCUT2D eigenvalue weighted by molar-refractivity contribution is 9.10. The Bertz CT molecular complexity index is 579. The molecule has 0 saturated carbocycles. The van der Waals surface area contributed by atoms with E-state index in [9.17, 15) is 0 Å². The van der Waals surface area contributed by atoms with Crippen LogP contribution in [0.15, 0.2) is 28.9 Å². The summed E-state index contributed by atoms with van der Waals surface area (Å²) in [6.45, 7) is 3.88. The second-order valence-corrected chi connectivity index (χ2v) is 5.26. The third kappa shape index (κ3) is 2.76. The number of pyridine rings is 1. The molecule has 0 atom stereocenters. The van der Waals surface area contributed by atoms with Crippen LogP contribution >= 0.6 is 27.5 Å². The summed E-state index contributed by atoms with van der Waals surface area (Å²) in [6.07, 6.45) is 1.55. The van der Waals surface area contributed by atoms with Gasteiger partial charge in [-0.05, 0) is 59.1 Å². The number of halogens is 2. The van der Waals surface area contributed by atoms with E-state index in [1.807, 2.05) is 26.0 Å². The summed E-state index contributed by atoms with van der Waals surface area (Å²) < 4.78 is 6.42. The Balaban J connectivity index is 2.34. The summed E-state index contributed by atoms with van der Waals surface area (Å²) in [5, 5.41) is 0.756. The smallest absolute Gasteiger partial charge is 0.233 e. The van der Waals surface area contributed by atoms with Gasteiger partial charge in [-0.1, -0.05) is 11.6 Å². The molecule has 0 aliphatic carbocycles. The van der Waals surface area contributed by atoms with E-state index in [0.717, 1.165) is 16.1 Å². The summed E-state index contributed by atoms with van der Waals surface area (Å²) in [4.78, 5) is 4.13. The Labute approximate surface area is 119 Å². The number of aromatic nitrogens is 1. The minimum absolute atomic E-state index is 0.477. The van der Waals surface area contributed by atoms with Crippen LogP contribution in [0.5, 0.6) is 11.6 Å². The van der Waals surface area contributed by atoms with Crippen molar-refractivity contribution in [2.24, 2.45) is 0 Å². The predicted molar refractivity (Wildman–Crippen MR) is 77.3 cm³/mol. The van der Waals surface area contributed by atoms with Crippen LogP contribution in [0.3, 0.4) is 0 Å². The summed E-state index contributed by atoms with van der Waals surface area (Å²) in [5.74, 6) is 1.18. The van der Waals surface area contributed by atoms with Crippen molar-refractivity contribution in [1.29, 1.82) is 0 Å². The predicted octanol–water partition coefficient (Wildman–Crippen LogP) is 4.49. The van der Waals surface area contributed by atoms with Crippen molar-refractivity contribution in [2.75, 3.05) is 5.73 Å². The summed E-state index contributed by atoms with van der Waals surface area (Å²) in [7, 11) is 0. The molecule has 0 radical (unpaired) electrons. The maximum absolute atomic E-state index is 6.11. The van der Waals surface area contributed by atoms with Gasteiger partial charge in [-0.3, -0.25) is 0 Å². The Hall–Kier alpha value is -1.26. The molecule has 2 rings (SSSR count). The molecule has 0 amide bonds. The Morgan fingerprint density at radius 3 is 2.39 bits per heavy atom. The minimum Gasteiger partial charge on any atom is -0.438 e. The number of benzene rings is 1. The van der Waals surface area contributed by atoms with Crippen LogP contribution in [0.4, 0.5) is 5.69 Å². The van der Waals surface area contributed by atoms with Crippen LogP contribution in [-0.4, -0.2) is 4.98 Å². The molecule has 2 aromatic rings. The van der Waals surface area contributed by atoms with E-state index < -0.39 is 0 Å². The second-order valence-electron chi connectivity index (χ2n) is 4.03. The van der Waals surface area contributed by atoms with Crippen molar-refractivity contribution >= 4 is 33.2 Å². The van der Waals surface area contributed by atoms with Gasteiger partial charge in [0.1, 0.15) is 5.75 Å². The van der Waals surface area contributed by atoms with E-state index in [-0.39, 0.29) is 0 Å². The first-order valence-corrected chi connectivity index (χ1v) is 6.50. The first kappa shape index (κ1) is 13.2. The fourth-order valence-corrected chi connectivity index (χ4v) is 2.15. The van der Waals surface area contributed by atoms with Crippen molar-refractivity contribution in [3.8, 4) is 11.6 Å². The van der Waals surface area contributed by atoms with Gasteiger partial charge in [0.25, 0.3) is 0 Å². The number of nitrogen functional groups attached to an aromatic ring is 1. The average Bonchev–Trinajstić information content (AvgIpc) is 2.29. The molecule has 0 aliphatic heterocycles. The van der Waals surface area contributed by atoms with Gasteiger partial charge in [-0.15, -0.1) is 0 Å². The van der Waals surface area contributed by atoms with Crippen molar-refractivity contribution in [3.05, 3.63) is 45.0 Å². The summed E-state index contributed by atoms with van der Waals surface area (Å²) in [6, 6.07) is 5.50. The minimum atomic E-state index is 0.477. The zero-order chi connectivity index (χ0) is 13.3. The van der Waals surface area contributed by atoms with Gasteiger partial charge in [-0.25, -0.2) is 4.98 Å². The molecule has 18 heavy (non-hydrogen) atoms. The highest BCUT2D eigenvalue weighted by Crippen LogP contribution is 2.32. The van der Waals surface area contributed by atoms with E-state index >= 15 is 0 Å². The van der Waals surface area contributed by atoms with Crippen LogP contribution in [0.25, 0.3) is 0 Å². The molecule has 0 unspecified atom stereocenters. The lowest BCUT2D eigenvalue weighted by Crippen LogP contribution is -1.93. The number of hydrogen-bond donors (Lipinski definition) is 1. The Morgan fingerprint density at radius 1 is 1.22 bits per heavy atom. The van der Waals surface area contributed by atoms with E-state index in [1.165, 1.54) is 0 Å². The number of nitrogens with two attached hydrogens (primary N) is 1. The zero-order valence-electron chi connectivity index (χ0n) is 10.00. The fraction of sp³-hybridized carbons (Fsp3) is 0.154. The normalized spacial score (nSPS) is 10.4. The van der Waals surface area contributed by atoms with E-state index in [2.05, 4.69) is 20.9 Å². The van der Waals surface area contributed by atoms with Crippen LogP contribution in [-0.2, 0) is 0 Å². The van der Waals surface area contributed by atoms with Crippen molar-refractivity contribution in [3.63, 3.8) is 0 Å². The third-order valence-corrected chi connectivity index (χ3v) is 3.62. The van der Waals surface area contributed by atoms with Gasteiger partial charge in [0, 0.05) is 5.02 Å². The monoisotopic (exact) mass is 326 g/mol. The van der Waals surface area contributed by atoms with Crippen molar-refractivity contribution in [1.82, 2.24) is 4.98 Å². The number of nitrogens with zero attached hydrogens (tertiary/aromatic N) is 1. The van der Waals surface area contributed by atoms with Gasteiger partial charge in [0.05, 0.1) is 16.4 Å². The molecule has 0 aliphatic rings. The standard InChI is InChI=1S/C13H12BrClN2O/c1-7-3-10(4-8(2)12(7)15)18-13-11(14)5-9(16)6-17-13/h3-6H,16H2,1-2H3. The lowest BCUT2D eigenvalue weighted by Gasteiger charge is -2.10. The topological polar surface area (TPSA) is 48.1 Å². The average molecular weight is 328 g/mol. The Morgan fingerprint density at radius 2 is 1.83 bits per heavy atom. The summed E-state index contributed by atoms with van der Waals surface area (Å²) in [5.41, 5.74) is 8.15. The largest absolute Gasteiger partial charge is 0.438 e. The van der Waals surface area contributed by atoms with E-state index in [4.69, 9.17) is 22.1 Å². The summed E-state index contributed by atoms with van der Waals surface area (Å²) >= 11 is 9.47. The molecule has 2 N–H and O–H groups in total. The lowest BCUT2D eigenvalue weighted by atomic mass is 10.1. The quantitative estimate of drug-likeness (QED) is 0.884. The van der Waals surface area contributed by atoms with Gasteiger partial charge >= 0.3 is 0 Å². The first-order valence-electron chi connectivity index (χ1n) is 5.33. The molecule has 3 nitrogen and oxygen atoms in total. The second kappa shape index (κ2) is 5.16. The van der Waals surface area contributed by atoms with Gasteiger partial charge in [0.2, 0.25) is 5.88 Å². The molecular weight excluding hydrogens is 316 g/mol. The van der Waals surface area contributed by atoms with Crippen LogP contribution in [0.1, 0.15) is 11.1 Å². The molecule has 0 spiro atoms. The molecule has 94 valence electrons. The molecule has 1 heterocycles. The number of anilines is 1. The maximum atomic E-state index is 6.11. The van der Waals surface area contributed by atoms with Crippen LogP contribution in [0, 0.1) is 13.8 Å². The molecule has 5 heteroatoms.